The first-order valence-corrected chi connectivity index (χ1v) is 11.7. The van der Waals surface area contributed by atoms with Crippen LogP contribution in [0.2, 0.25) is 0 Å². The van der Waals surface area contributed by atoms with Gasteiger partial charge in [0.2, 0.25) is 5.91 Å². The fourth-order valence-corrected chi connectivity index (χ4v) is 6.12. The lowest BCUT2D eigenvalue weighted by molar-refractivity contribution is -0.151. The van der Waals surface area contributed by atoms with Crippen molar-refractivity contribution in [2.75, 3.05) is 7.11 Å². The molecule has 8 atom stereocenters. The molecule has 1 fully saturated rings. The van der Waals surface area contributed by atoms with E-state index in [9.17, 15) is 24.9 Å². The second-order valence-electron chi connectivity index (χ2n) is 10.4. The van der Waals surface area contributed by atoms with Crippen molar-refractivity contribution >= 4 is 11.7 Å². The summed E-state index contributed by atoms with van der Waals surface area (Å²) in [7, 11) is 1.39. The number of amides is 1. The number of allylic oxidation sites excluding steroid dienone is 1. The highest BCUT2D eigenvalue weighted by Gasteiger charge is 2.67. The number of nitrogens with one attached hydrogen (secondary N) is 1. The van der Waals surface area contributed by atoms with Crippen LogP contribution in [0.1, 0.15) is 60.3 Å². The summed E-state index contributed by atoms with van der Waals surface area (Å²) in [5.74, 6) is -1.51. The maximum absolute atomic E-state index is 14.1. The largest absolute Gasteiger partial charge is 0.390 e. The minimum absolute atomic E-state index is 0.213. The molecule has 7 heteroatoms. The lowest BCUT2D eigenvalue weighted by atomic mass is 9.54. The number of aliphatic hydroxyl groups is 3. The summed E-state index contributed by atoms with van der Waals surface area (Å²) in [5, 5.41) is 35.5. The SMILES string of the molecule is COC1CC(=O)[C@@]23C(=O)N[C@@H](CC(C)C)[C@@H]2C(C)=C(C)[C@H](O)[C@@H]3/C=C(\C)CCC(O)C1O. The van der Waals surface area contributed by atoms with Crippen LogP contribution < -0.4 is 5.32 Å². The lowest BCUT2D eigenvalue weighted by Gasteiger charge is -2.46. The molecule has 1 aliphatic heterocycles. The van der Waals surface area contributed by atoms with E-state index in [-0.39, 0.29) is 30.1 Å². The topological polar surface area (TPSA) is 116 Å². The first-order chi connectivity index (χ1) is 15.0. The molecule has 32 heavy (non-hydrogen) atoms. The number of rotatable bonds is 3. The van der Waals surface area contributed by atoms with Crippen LogP contribution in [-0.2, 0) is 14.3 Å². The van der Waals surface area contributed by atoms with Crippen LogP contribution in [0.4, 0.5) is 0 Å². The number of carbonyl (C=O) groups is 2. The number of ketones is 1. The average Bonchev–Trinajstić information content (AvgIpc) is 3.01. The zero-order valence-electron chi connectivity index (χ0n) is 20.1. The van der Waals surface area contributed by atoms with E-state index in [1.165, 1.54) is 7.11 Å². The van der Waals surface area contributed by atoms with Gasteiger partial charge in [-0.05, 0) is 51.5 Å². The van der Waals surface area contributed by atoms with Crippen molar-refractivity contribution in [1.29, 1.82) is 0 Å². The highest BCUT2D eigenvalue weighted by Crippen LogP contribution is 2.56. The van der Waals surface area contributed by atoms with Gasteiger partial charge in [0, 0.05) is 31.4 Å². The highest BCUT2D eigenvalue weighted by atomic mass is 16.5. The van der Waals surface area contributed by atoms with Crippen molar-refractivity contribution < 1.29 is 29.6 Å². The van der Waals surface area contributed by atoms with Gasteiger partial charge in [-0.3, -0.25) is 9.59 Å². The van der Waals surface area contributed by atoms with Crippen molar-refractivity contribution in [3.05, 3.63) is 22.8 Å². The summed E-state index contributed by atoms with van der Waals surface area (Å²) in [6, 6.07) is -0.216. The standard InChI is InChI=1S/C25H39NO6/c1-12(2)9-17-21-14(4)15(5)22(29)16-10-13(3)7-8-18(27)23(30)19(32-6)11-20(28)25(16,21)24(31)26-17/h10,12,16-19,21-23,27,29-30H,7-9,11H2,1-6H3,(H,26,31)/b13-10+/t16-,17-,18?,19?,21-,22-,23?,25+/m0/s1. The van der Waals surface area contributed by atoms with E-state index in [2.05, 4.69) is 19.2 Å². The number of ether oxygens (including phenoxy) is 1. The van der Waals surface area contributed by atoms with Crippen molar-refractivity contribution in [3.8, 4) is 0 Å². The van der Waals surface area contributed by atoms with E-state index >= 15 is 0 Å². The summed E-state index contributed by atoms with van der Waals surface area (Å²) in [6.07, 6.45) is -1.06. The van der Waals surface area contributed by atoms with Gasteiger partial charge in [-0.2, -0.15) is 0 Å². The highest BCUT2D eigenvalue weighted by molar-refractivity contribution is 6.10. The van der Waals surface area contributed by atoms with Crippen LogP contribution in [0.5, 0.6) is 0 Å². The molecule has 1 spiro atoms. The van der Waals surface area contributed by atoms with Gasteiger partial charge >= 0.3 is 0 Å². The maximum Gasteiger partial charge on any atom is 0.235 e. The van der Waals surface area contributed by atoms with Gasteiger partial charge in [0.05, 0.1) is 18.3 Å². The summed E-state index contributed by atoms with van der Waals surface area (Å²) in [5.41, 5.74) is 1.07. The number of aliphatic hydroxyl groups excluding tert-OH is 3. The fourth-order valence-electron chi connectivity index (χ4n) is 6.12. The van der Waals surface area contributed by atoms with Crippen LogP contribution in [0.3, 0.4) is 0 Å². The Labute approximate surface area is 190 Å². The van der Waals surface area contributed by atoms with Crippen molar-refractivity contribution in [1.82, 2.24) is 5.32 Å². The van der Waals surface area contributed by atoms with Gasteiger partial charge in [-0.1, -0.05) is 31.1 Å². The summed E-state index contributed by atoms with van der Waals surface area (Å²) in [6.45, 7) is 9.84. The molecule has 1 amide bonds. The zero-order chi connectivity index (χ0) is 24.0. The predicted octanol–water partition coefficient (Wildman–Crippen LogP) is 1.90. The summed E-state index contributed by atoms with van der Waals surface area (Å²) < 4.78 is 5.42. The van der Waals surface area contributed by atoms with E-state index in [1.807, 2.05) is 26.8 Å². The van der Waals surface area contributed by atoms with E-state index in [4.69, 9.17) is 4.74 Å². The summed E-state index contributed by atoms with van der Waals surface area (Å²) in [4.78, 5) is 27.8. The van der Waals surface area contributed by atoms with Crippen LogP contribution in [0.15, 0.2) is 22.8 Å². The van der Waals surface area contributed by atoms with Crippen LogP contribution in [-0.4, -0.2) is 64.6 Å². The lowest BCUT2D eigenvalue weighted by Crippen LogP contribution is -2.56. The Morgan fingerprint density at radius 1 is 1.16 bits per heavy atom. The third-order valence-electron chi connectivity index (χ3n) is 7.93. The second-order valence-corrected chi connectivity index (χ2v) is 10.4. The van der Waals surface area contributed by atoms with Crippen LogP contribution in [0, 0.1) is 23.2 Å². The first kappa shape index (κ1) is 25.1. The first-order valence-electron chi connectivity index (χ1n) is 11.7. The Bertz CT molecular complexity index is 817. The van der Waals surface area contributed by atoms with E-state index in [1.54, 1.807) is 0 Å². The molecule has 3 unspecified atom stereocenters. The van der Waals surface area contributed by atoms with Gasteiger partial charge in [-0.25, -0.2) is 0 Å². The molecule has 3 rings (SSSR count). The third kappa shape index (κ3) is 3.98. The Balaban J connectivity index is 2.24. The molecule has 0 aromatic rings. The number of hydrogen-bond donors (Lipinski definition) is 4. The van der Waals surface area contributed by atoms with E-state index in [0.29, 0.717) is 18.8 Å². The normalized spacial score (nSPS) is 42.7. The Morgan fingerprint density at radius 3 is 2.41 bits per heavy atom. The molecular weight excluding hydrogens is 410 g/mol. The predicted molar refractivity (Wildman–Crippen MR) is 121 cm³/mol. The molecule has 0 radical (unpaired) electrons. The molecule has 4 N–H and O–H groups in total. The monoisotopic (exact) mass is 449 g/mol. The van der Waals surface area contributed by atoms with Crippen molar-refractivity contribution in [3.63, 3.8) is 0 Å². The molecule has 0 saturated carbocycles. The Morgan fingerprint density at radius 2 is 1.81 bits per heavy atom. The molecule has 1 saturated heterocycles. The van der Waals surface area contributed by atoms with Gasteiger partial charge in [0.15, 0.2) is 5.78 Å². The second kappa shape index (κ2) is 9.37. The number of carbonyl (C=O) groups excluding carboxylic acids is 2. The fraction of sp³-hybridized carbons (Fsp3) is 0.760. The number of hydrogen-bond acceptors (Lipinski definition) is 6. The Kier molecular flexibility index (Phi) is 7.35. The van der Waals surface area contributed by atoms with Gasteiger partial charge in [-0.15, -0.1) is 0 Å². The van der Waals surface area contributed by atoms with E-state index in [0.717, 1.165) is 23.1 Å². The molecule has 7 nitrogen and oxygen atoms in total. The maximum atomic E-state index is 14.1. The van der Waals surface area contributed by atoms with Crippen molar-refractivity contribution in [2.24, 2.45) is 23.2 Å². The molecule has 180 valence electrons. The Hall–Kier alpha value is -1.54. The average molecular weight is 450 g/mol. The molecule has 0 aromatic carbocycles. The molecular formula is C25H39NO6. The van der Waals surface area contributed by atoms with Crippen LogP contribution in [0.25, 0.3) is 0 Å². The van der Waals surface area contributed by atoms with Gasteiger partial charge in [0.1, 0.15) is 11.5 Å². The summed E-state index contributed by atoms with van der Waals surface area (Å²) >= 11 is 0. The molecule has 1 heterocycles. The molecule has 0 bridgehead atoms. The molecule has 0 aromatic heterocycles. The van der Waals surface area contributed by atoms with E-state index < -0.39 is 35.7 Å². The number of methoxy groups -OCH3 is 1. The van der Waals surface area contributed by atoms with Crippen LogP contribution >= 0.6 is 0 Å². The minimum Gasteiger partial charge on any atom is -0.390 e. The number of Topliss-reactive ketones (excluding diaryl/α,β-unsaturated/α-hetero) is 1. The third-order valence-corrected chi connectivity index (χ3v) is 7.93. The molecule has 3 aliphatic rings. The zero-order valence-corrected chi connectivity index (χ0v) is 20.1. The minimum atomic E-state index is -1.48. The van der Waals surface area contributed by atoms with Gasteiger partial charge in [0.25, 0.3) is 0 Å². The molecule has 2 aliphatic carbocycles. The quantitative estimate of drug-likeness (QED) is 0.386. The van der Waals surface area contributed by atoms with Gasteiger partial charge < -0.3 is 25.4 Å². The smallest absolute Gasteiger partial charge is 0.235 e. The van der Waals surface area contributed by atoms with Crippen molar-refractivity contribution in [2.45, 2.75) is 90.8 Å².